The molecule has 4 atom stereocenters. The summed E-state index contributed by atoms with van der Waals surface area (Å²) in [5, 5.41) is 2.37. The molecule has 41 heavy (non-hydrogen) atoms. The van der Waals surface area contributed by atoms with Gasteiger partial charge >= 0.3 is 12.4 Å². The fraction of sp³-hybridized carbons (Fsp3) is 0.321. The van der Waals surface area contributed by atoms with E-state index in [0.717, 1.165) is 38.2 Å². The van der Waals surface area contributed by atoms with Crippen molar-refractivity contribution in [3.63, 3.8) is 0 Å². The van der Waals surface area contributed by atoms with Gasteiger partial charge in [-0.1, -0.05) is 49.4 Å². The van der Waals surface area contributed by atoms with E-state index in [1.54, 1.807) is 30.3 Å². The predicted molar refractivity (Wildman–Crippen MR) is 135 cm³/mol. The first-order valence-electron chi connectivity index (χ1n) is 12.3. The van der Waals surface area contributed by atoms with Gasteiger partial charge in [-0.3, -0.25) is 14.6 Å². The number of rotatable bonds is 7. The average molecular weight is 582 g/mol. The van der Waals surface area contributed by atoms with Crippen molar-refractivity contribution >= 4 is 17.5 Å². The lowest BCUT2D eigenvalue weighted by atomic mass is 9.76. The number of hydrogen-bond acceptors (Lipinski definition) is 5. The summed E-state index contributed by atoms with van der Waals surface area (Å²) in [6.45, 7) is 1.58. The largest absolute Gasteiger partial charge is 0.488 e. The number of primary amides is 1. The Morgan fingerprint density at radius 3 is 2.34 bits per heavy atom. The molecule has 0 radical (unpaired) electrons. The van der Waals surface area contributed by atoms with Gasteiger partial charge in [0.15, 0.2) is 5.60 Å². The van der Waals surface area contributed by atoms with Crippen LogP contribution in [-0.2, 0) is 22.3 Å². The first-order valence-corrected chi connectivity index (χ1v) is 12.3. The highest BCUT2D eigenvalue weighted by atomic mass is 19.4. The normalized spacial score (nSPS) is 22.8. The number of amides is 2. The van der Waals surface area contributed by atoms with E-state index in [9.17, 15) is 35.9 Å². The Bertz CT molecular complexity index is 1430. The molecule has 2 aromatic carbocycles. The molecule has 3 aromatic rings. The molecule has 2 heterocycles. The highest BCUT2D eigenvalue weighted by Crippen LogP contribution is 2.55. The molecule has 7 nitrogen and oxygen atoms in total. The number of ether oxygens (including phenoxy) is 2. The fourth-order valence-electron chi connectivity index (χ4n) is 4.81. The van der Waals surface area contributed by atoms with Gasteiger partial charge in [0.05, 0.1) is 5.56 Å². The van der Waals surface area contributed by atoms with Gasteiger partial charge < -0.3 is 20.5 Å². The zero-order chi connectivity index (χ0) is 30.2. The Labute approximate surface area is 230 Å². The lowest BCUT2D eigenvalue weighted by molar-refractivity contribution is -0.272. The lowest BCUT2D eigenvalue weighted by Crippen LogP contribution is -2.47. The number of para-hydroxylation sites is 1. The van der Waals surface area contributed by atoms with Crippen molar-refractivity contribution in [2.45, 2.75) is 50.4 Å². The molecule has 1 aromatic heterocycles. The summed E-state index contributed by atoms with van der Waals surface area (Å²) >= 11 is 0. The van der Waals surface area contributed by atoms with Crippen LogP contribution in [0.25, 0.3) is 0 Å². The molecule has 0 saturated carbocycles. The second kappa shape index (κ2) is 11.0. The van der Waals surface area contributed by atoms with Gasteiger partial charge in [0.25, 0.3) is 11.8 Å². The summed E-state index contributed by atoms with van der Waals surface area (Å²) in [6, 6.07) is 13.6. The number of pyridine rings is 1. The molecule has 0 spiro atoms. The summed E-state index contributed by atoms with van der Waals surface area (Å²) in [5.74, 6) is -5.75. The van der Waals surface area contributed by atoms with E-state index in [2.05, 4.69) is 10.3 Å². The van der Waals surface area contributed by atoms with Gasteiger partial charge in [-0.05, 0) is 30.7 Å². The molecule has 0 bridgehead atoms. The number of nitrogens with two attached hydrogens (primary N) is 1. The van der Waals surface area contributed by atoms with Crippen molar-refractivity contribution < 1.29 is 45.4 Å². The lowest BCUT2D eigenvalue weighted by Gasteiger charge is -2.32. The first-order chi connectivity index (χ1) is 19.1. The van der Waals surface area contributed by atoms with Crippen molar-refractivity contribution in [1.82, 2.24) is 4.98 Å². The van der Waals surface area contributed by atoms with Crippen LogP contribution in [0.1, 0.15) is 46.9 Å². The molecule has 4 rings (SSSR count). The number of carbonyl (C=O) groups excluding carboxylic acids is 2. The topological polar surface area (TPSA) is 104 Å². The zero-order valence-electron chi connectivity index (χ0n) is 21.7. The van der Waals surface area contributed by atoms with Crippen LogP contribution in [0.15, 0.2) is 66.9 Å². The van der Waals surface area contributed by atoms with Crippen molar-refractivity contribution in [3.05, 3.63) is 89.2 Å². The highest BCUT2D eigenvalue weighted by Gasteiger charge is 2.66. The van der Waals surface area contributed by atoms with E-state index in [0.29, 0.717) is 5.56 Å². The molecule has 3 N–H and O–H groups in total. The second-order valence-corrected chi connectivity index (χ2v) is 9.74. The molecular weight excluding hydrogens is 556 g/mol. The zero-order valence-corrected chi connectivity index (χ0v) is 21.7. The van der Waals surface area contributed by atoms with Gasteiger partial charge in [-0.25, -0.2) is 0 Å². The van der Waals surface area contributed by atoms with Gasteiger partial charge in [0.2, 0.25) is 0 Å². The number of hydrogen-bond donors (Lipinski definition) is 2. The van der Waals surface area contributed by atoms with E-state index in [1.807, 2.05) is 0 Å². The van der Waals surface area contributed by atoms with Crippen molar-refractivity contribution in [2.24, 2.45) is 11.7 Å². The van der Waals surface area contributed by atoms with Crippen LogP contribution in [0, 0.1) is 5.92 Å². The van der Waals surface area contributed by atoms with Crippen molar-refractivity contribution in [2.75, 3.05) is 5.32 Å². The molecule has 0 aliphatic carbocycles. The summed E-state index contributed by atoms with van der Waals surface area (Å²) in [7, 11) is 0. The Hall–Kier alpha value is -4.13. The van der Waals surface area contributed by atoms with Crippen LogP contribution < -0.4 is 15.8 Å². The Morgan fingerprint density at radius 1 is 1.05 bits per heavy atom. The Balaban J connectivity index is 1.81. The molecule has 218 valence electrons. The van der Waals surface area contributed by atoms with Crippen LogP contribution in [-0.4, -0.2) is 34.7 Å². The summed E-state index contributed by atoms with van der Waals surface area (Å²) in [6.07, 6.45) is -10.7. The van der Waals surface area contributed by atoms with E-state index < -0.39 is 59.0 Å². The number of nitrogens with one attached hydrogen (secondary N) is 1. The number of alkyl halides is 6. The third-order valence-electron chi connectivity index (χ3n) is 7.14. The third kappa shape index (κ3) is 5.99. The fourth-order valence-corrected chi connectivity index (χ4v) is 4.81. The maximum absolute atomic E-state index is 14.3. The van der Waals surface area contributed by atoms with Crippen LogP contribution in [0.2, 0.25) is 0 Å². The van der Waals surface area contributed by atoms with E-state index in [4.69, 9.17) is 15.2 Å². The molecule has 1 saturated heterocycles. The van der Waals surface area contributed by atoms with Gasteiger partial charge in [0, 0.05) is 29.3 Å². The maximum Gasteiger partial charge on any atom is 0.419 e. The minimum atomic E-state index is -4.98. The van der Waals surface area contributed by atoms with Gasteiger partial charge in [-0.15, -0.1) is 0 Å². The number of anilines is 1. The van der Waals surface area contributed by atoms with Crippen LogP contribution >= 0.6 is 0 Å². The van der Waals surface area contributed by atoms with Crippen LogP contribution in [0.5, 0.6) is 5.75 Å². The number of aromatic nitrogens is 1. The van der Waals surface area contributed by atoms with Crippen LogP contribution in [0.3, 0.4) is 0 Å². The standard InChI is InChI=1S/C28H25F6N3O4/c1-15-21(18-9-6-10-19(27(29,30)31)22(18)40-14-16-7-4-3-5-8-16)23(41-26(15,2)28(32,33)34)25(39)37-17-11-12-36-20(13-17)24(35)38/h3-13,15,21,23H,14H2,1-2H3,(H2,35,38)(H,36,37,39)/t15-,21-,23+,26+/m0/s1. The monoisotopic (exact) mass is 581 g/mol. The summed E-state index contributed by atoms with van der Waals surface area (Å²) < 4.78 is 96.2. The molecule has 13 heteroatoms. The molecule has 1 aliphatic rings. The van der Waals surface area contributed by atoms with Gasteiger partial charge in [0.1, 0.15) is 24.2 Å². The van der Waals surface area contributed by atoms with E-state index >= 15 is 0 Å². The Kier molecular flexibility index (Phi) is 8.03. The first kappa shape index (κ1) is 29.8. The SMILES string of the molecule is C[C@H]1[C@@H](c2cccc(C(F)(F)F)c2OCc2ccccc2)[C@H](C(=O)Nc2ccnc(C(N)=O)c2)O[C@@]1(C)C(F)(F)F. The second-order valence-electron chi connectivity index (χ2n) is 9.74. The molecular formula is C28H25F6N3O4. The Morgan fingerprint density at radius 2 is 1.73 bits per heavy atom. The van der Waals surface area contributed by atoms with E-state index in [-0.39, 0.29) is 23.6 Å². The summed E-state index contributed by atoms with van der Waals surface area (Å²) in [4.78, 5) is 28.6. The molecule has 0 unspecified atom stereocenters. The third-order valence-corrected chi connectivity index (χ3v) is 7.14. The van der Waals surface area contributed by atoms with Crippen molar-refractivity contribution in [3.8, 4) is 5.75 Å². The average Bonchev–Trinajstić information content (AvgIpc) is 3.19. The smallest absolute Gasteiger partial charge is 0.419 e. The van der Waals surface area contributed by atoms with Gasteiger partial charge in [-0.2, -0.15) is 26.3 Å². The number of benzene rings is 2. The minimum absolute atomic E-state index is 0.0287. The predicted octanol–water partition coefficient (Wildman–Crippen LogP) is 5.86. The maximum atomic E-state index is 14.3. The number of carbonyl (C=O) groups is 2. The molecule has 2 amide bonds. The molecule has 1 fully saturated rings. The minimum Gasteiger partial charge on any atom is -0.488 e. The number of nitrogens with zero attached hydrogens (tertiary/aromatic N) is 1. The number of halogens is 6. The molecule has 1 aliphatic heterocycles. The highest BCUT2D eigenvalue weighted by molar-refractivity contribution is 5.97. The van der Waals surface area contributed by atoms with Crippen LogP contribution in [0.4, 0.5) is 32.0 Å². The van der Waals surface area contributed by atoms with Crippen molar-refractivity contribution in [1.29, 1.82) is 0 Å². The summed E-state index contributed by atoms with van der Waals surface area (Å²) in [5.41, 5.74) is 1.08. The van der Waals surface area contributed by atoms with E-state index in [1.165, 1.54) is 12.1 Å². The quantitative estimate of drug-likeness (QED) is 0.341.